The Balaban J connectivity index is 1.92. The normalized spacial score (nSPS) is 10.5. The minimum atomic E-state index is 0.770. The Morgan fingerprint density at radius 2 is 1.59 bits per heavy atom. The van der Waals surface area contributed by atoms with Crippen LogP contribution in [0.15, 0.2) is 30.3 Å². The molecule has 4 nitrogen and oxygen atoms in total. The van der Waals surface area contributed by atoms with Crippen LogP contribution in [0.25, 0.3) is 0 Å². The molecule has 0 spiro atoms. The van der Waals surface area contributed by atoms with E-state index in [0.717, 1.165) is 30.5 Å². The Morgan fingerprint density at radius 1 is 0.909 bits per heavy atom. The van der Waals surface area contributed by atoms with Gasteiger partial charge in [0.2, 0.25) is 0 Å². The Kier molecular flexibility index (Phi) is 6.19. The summed E-state index contributed by atoms with van der Waals surface area (Å²) in [6.07, 6.45) is 3.65. The van der Waals surface area contributed by atoms with Gasteiger partial charge in [0.15, 0.2) is 0 Å². The van der Waals surface area contributed by atoms with E-state index in [1.54, 1.807) is 0 Å². The molecule has 0 radical (unpaired) electrons. The molecule has 22 heavy (non-hydrogen) atoms. The number of hydrogen-bond acceptors (Lipinski definition) is 4. The average Bonchev–Trinajstić information content (AvgIpc) is 2.51. The van der Waals surface area contributed by atoms with Crippen LogP contribution in [0.2, 0.25) is 0 Å². The van der Waals surface area contributed by atoms with Crippen LogP contribution in [-0.4, -0.2) is 16.5 Å². The van der Waals surface area contributed by atoms with Gasteiger partial charge in [0.25, 0.3) is 0 Å². The largest absolute Gasteiger partial charge is 0.370 e. The lowest BCUT2D eigenvalue weighted by Crippen LogP contribution is -2.08. The molecule has 0 saturated heterocycles. The number of aromatic nitrogens is 2. The minimum absolute atomic E-state index is 0.770. The van der Waals surface area contributed by atoms with Gasteiger partial charge in [0.05, 0.1) is 0 Å². The van der Waals surface area contributed by atoms with E-state index >= 15 is 0 Å². The highest BCUT2D eigenvalue weighted by Crippen LogP contribution is 2.13. The van der Waals surface area contributed by atoms with Crippen molar-refractivity contribution in [2.24, 2.45) is 0 Å². The summed E-state index contributed by atoms with van der Waals surface area (Å²) in [4.78, 5) is 8.88. The van der Waals surface area contributed by atoms with E-state index in [1.807, 2.05) is 13.0 Å². The third kappa shape index (κ3) is 5.35. The van der Waals surface area contributed by atoms with Gasteiger partial charge in [0, 0.05) is 19.2 Å². The third-order valence-corrected chi connectivity index (χ3v) is 3.52. The smallest absolute Gasteiger partial charge is 0.132 e. The fourth-order valence-corrected chi connectivity index (χ4v) is 2.24. The summed E-state index contributed by atoms with van der Waals surface area (Å²) in [6.45, 7) is 7.96. The Labute approximate surface area is 133 Å². The number of benzene rings is 1. The number of nitrogens with zero attached hydrogens (tertiary/aromatic N) is 2. The molecular formula is C18H26N4. The van der Waals surface area contributed by atoms with Gasteiger partial charge >= 0.3 is 0 Å². The van der Waals surface area contributed by atoms with Crippen molar-refractivity contribution < 1.29 is 0 Å². The molecule has 0 aliphatic carbocycles. The zero-order chi connectivity index (χ0) is 15.8. The first kappa shape index (κ1) is 16.3. The zero-order valence-corrected chi connectivity index (χ0v) is 13.8. The van der Waals surface area contributed by atoms with Crippen LogP contribution in [0, 0.1) is 13.8 Å². The highest BCUT2D eigenvalue weighted by Gasteiger charge is 2.02. The lowest BCUT2D eigenvalue weighted by atomic mass is 10.1. The molecule has 0 aliphatic rings. The van der Waals surface area contributed by atoms with Crippen LogP contribution in [-0.2, 0) is 6.54 Å². The third-order valence-electron chi connectivity index (χ3n) is 3.52. The molecule has 1 aromatic carbocycles. The van der Waals surface area contributed by atoms with E-state index in [4.69, 9.17) is 0 Å². The van der Waals surface area contributed by atoms with E-state index in [2.05, 4.69) is 58.7 Å². The Hall–Kier alpha value is -2.10. The molecule has 118 valence electrons. The van der Waals surface area contributed by atoms with Gasteiger partial charge in [-0.1, -0.05) is 49.6 Å². The number of nitrogens with one attached hydrogen (secondary N) is 2. The lowest BCUT2D eigenvalue weighted by Gasteiger charge is -2.10. The maximum Gasteiger partial charge on any atom is 0.132 e. The first-order chi connectivity index (χ1) is 10.7. The van der Waals surface area contributed by atoms with Crippen LogP contribution in [0.4, 0.5) is 11.6 Å². The van der Waals surface area contributed by atoms with Crippen LogP contribution in [0.1, 0.15) is 43.1 Å². The standard InChI is InChI=1S/C18H26N4/c1-4-5-6-11-19-17-12-18(22-15(3)21-17)20-13-16-9-7-14(2)8-10-16/h7-10,12H,4-6,11,13H2,1-3H3,(H2,19,20,21,22). The van der Waals surface area contributed by atoms with Gasteiger partial charge in [-0.15, -0.1) is 0 Å². The summed E-state index contributed by atoms with van der Waals surface area (Å²) in [6, 6.07) is 10.5. The van der Waals surface area contributed by atoms with Gasteiger partial charge in [-0.3, -0.25) is 0 Å². The summed E-state index contributed by atoms with van der Waals surface area (Å²) < 4.78 is 0. The van der Waals surface area contributed by atoms with Gasteiger partial charge < -0.3 is 10.6 Å². The average molecular weight is 298 g/mol. The van der Waals surface area contributed by atoms with E-state index < -0.39 is 0 Å². The fraction of sp³-hybridized carbons (Fsp3) is 0.444. The molecule has 2 aromatic rings. The maximum absolute atomic E-state index is 4.45. The second kappa shape index (κ2) is 8.37. The number of unbranched alkanes of at least 4 members (excludes halogenated alkanes) is 2. The zero-order valence-electron chi connectivity index (χ0n) is 13.8. The summed E-state index contributed by atoms with van der Waals surface area (Å²) >= 11 is 0. The molecule has 0 aliphatic heterocycles. The molecule has 0 bridgehead atoms. The van der Waals surface area contributed by atoms with Crippen LogP contribution in [0.5, 0.6) is 0 Å². The summed E-state index contributed by atoms with van der Waals surface area (Å²) in [5.41, 5.74) is 2.53. The van der Waals surface area contributed by atoms with Crippen molar-refractivity contribution in [2.45, 2.75) is 46.6 Å². The lowest BCUT2D eigenvalue weighted by molar-refractivity contribution is 0.742. The minimum Gasteiger partial charge on any atom is -0.370 e. The fourth-order valence-electron chi connectivity index (χ4n) is 2.24. The highest BCUT2D eigenvalue weighted by molar-refractivity contribution is 5.47. The number of hydrogen-bond donors (Lipinski definition) is 2. The highest BCUT2D eigenvalue weighted by atomic mass is 15.1. The van der Waals surface area contributed by atoms with E-state index in [1.165, 1.54) is 30.4 Å². The van der Waals surface area contributed by atoms with Crippen molar-refractivity contribution >= 4 is 11.6 Å². The summed E-state index contributed by atoms with van der Waals surface area (Å²) in [5, 5.41) is 6.75. The second-order valence-electron chi connectivity index (χ2n) is 5.66. The van der Waals surface area contributed by atoms with Crippen molar-refractivity contribution in [2.75, 3.05) is 17.2 Å². The monoisotopic (exact) mass is 298 g/mol. The molecule has 4 heteroatoms. The Bertz CT molecular complexity index is 578. The summed E-state index contributed by atoms with van der Waals surface area (Å²) in [7, 11) is 0. The molecule has 2 rings (SSSR count). The number of anilines is 2. The van der Waals surface area contributed by atoms with E-state index in [0.29, 0.717) is 0 Å². The van der Waals surface area contributed by atoms with Crippen LogP contribution in [0.3, 0.4) is 0 Å². The van der Waals surface area contributed by atoms with Crippen molar-refractivity contribution in [1.82, 2.24) is 9.97 Å². The number of rotatable bonds is 8. The van der Waals surface area contributed by atoms with Crippen molar-refractivity contribution in [3.05, 3.63) is 47.3 Å². The van der Waals surface area contributed by atoms with Crippen molar-refractivity contribution in [1.29, 1.82) is 0 Å². The molecule has 0 fully saturated rings. The molecule has 1 aromatic heterocycles. The SMILES string of the molecule is CCCCCNc1cc(NCc2ccc(C)cc2)nc(C)n1. The number of aryl methyl sites for hydroxylation is 2. The van der Waals surface area contributed by atoms with Gasteiger partial charge in [0.1, 0.15) is 17.5 Å². The van der Waals surface area contributed by atoms with Crippen molar-refractivity contribution in [3.63, 3.8) is 0 Å². The molecule has 0 saturated carbocycles. The topological polar surface area (TPSA) is 49.8 Å². The van der Waals surface area contributed by atoms with Crippen LogP contribution >= 0.6 is 0 Å². The predicted molar refractivity (Wildman–Crippen MR) is 93.3 cm³/mol. The van der Waals surface area contributed by atoms with Gasteiger partial charge in [-0.05, 0) is 25.8 Å². The molecule has 1 heterocycles. The van der Waals surface area contributed by atoms with Crippen molar-refractivity contribution in [3.8, 4) is 0 Å². The quantitative estimate of drug-likeness (QED) is 0.713. The predicted octanol–water partition coefficient (Wildman–Crippen LogP) is 4.31. The summed E-state index contributed by atoms with van der Waals surface area (Å²) in [5.74, 6) is 2.55. The Morgan fingerprint density at radius 3 is 2.27 bits per heavy atom. The van der Waals surface area contributed by atoms with E-state index in [9.17, 15) is 0 Å². The second-order valence-corrected chi connectivity index (χ2v) is 5.66. The van der Waals surface area contributed by atoms with Gasteiger partial charge in [-0.25, -0.2) is 9.97 Å². The first-order valence-corrected chi connectivity index (χ1v) is 8.06. The maximum atomic E-state index is 4.45. The molecule has 2 N–H and O–H groups in total. The molecular weight excluding hydrogens is 272 g/mol. The molecule has 0 amide bonds. The van der Waals surface area contributed by atoms with Crippen LogP contribution < -0.4 is 10.6 Å². The van der Waals surface area contributed by atoms with Gasteiger partial charge in [-0.2, -0.15) is 0 Å². The molecule has 0 atom stereocenters. The van der Waals surface area contributed by atoms with E-state index in [-0.39, 0.29) is 0 Å². The first-order valence-electron chi connectivity index (χ1n) is 8.06. The molecule has 0 unspecified atom stereocenters.